The van der Waals surface area contributed by atoms with Crippen molar-refractivity contribution >= 4 is 11.6 Å². The Balaban J connectivity index is 2.71. The zero-order valence-electron chi connectivity index (χ0n) is 10.3. The Hall–Kier alpha value is -1.62. The van der Waals surface area contributed by atoms with E-state index in [0.29, 0.717) is 6.61 Å². The largest absolute Gasteiger partial charge is 0.383 e. The first-order chi connectivity index (χ1) is 8.17. The topological polar surface area (TPSA) is 77.2 Å². The molecule has 94 valence electrons. The summed E-state index contributed by atoms with van der Waals surface area (Å²) in [5.74, 6) is -0.521. The number of rotatable bonds is 7. The first kappa shape index (κ1) is 13.4. The Morgan fingerprint density at radius 1 is 1.65 bits per heavy atom. The molecule has 0 saturated heterocycles. The smallest absolute Gasteiger partial charge is 0.267 e. The molecule has 0 bridgehead atoms. The fourth-order valence-electron chi connectivity index (χ4n) is 1.64. The molecule has 0 saturated carbocycles. The average molecular weight is 237 g/mol. The van der Waals surface area contributed by atoms with E-state index in [4.69, 9.17) is 10.5 Å². The number of nitrogens with one attached hydrogen (secondary N) is 1. The molecule has 1 rings (SSSR count). The molecule has 1 aromatic rings. The number of ether oxygens (including phenoxy) is 1. The van der Waals surface area contributed by atoms with Gasteiger partial charge in [-0.25, -0.2) is 0 Å². The maximum absolute atomic E-state index is 11.0. The summed E-state index contributed by atoms with van der Waals surface area (Å²) >= 11 is 0. The van der Waals surface area contributed by atoms with Crippen LogP contribution < -0.4 is 11.1 Å². The van der Waals surface area contributed by atoms with Gasteiger partial charge in [-0.3, -0.25) is 9.78 Å². The molecule has 5 nitrogen and oxygen atoms in total. The number of anilines is 1. The van der Waals surface area contributed by atoms with Gasteiger partial charge in [0.15, 0.2) is 0 Å². The fourth-order valence-corrected chi connectivity index (χ4v) is 1.64. The van der Waals surface area contributed by atoms with E-state index in [1.165, 1.54) is 0 Å². The minimum absolute atomic E-state index is 0.230. The Bertz CT molecular complexity index is 363. The summed E-state index contributed by atoms with van der Waals surface area (Å²) in [6.07, 6.45) is 3.63. The third kappa shape index (κ3) is 4.40. The summed E-state index contributed by atoms with van der Waals surface area (Å²) in [7, 11) is 1.67. The molecule has 0 radical (unpaired) electrons. The van der Waals surface area contributed by atoms with Crippen LogP contribution in [0.1, 0.15) is 30.3 Å². The fraction of sp³-hybridized carbons (Fsp3) is 0.500. The van der Waals surface area contributed by atoms with E-state index in [-0.39, 0.29) is 11.7 Å². The molecule has 3 N–H and O–H groups in total. The van der Waals surface area contributed by atoms with Crippen LogP contribution in [0.5, 0.6) is 0 Å². The van der Waals surface area contributed by atoms with Crippen molar-refractivity contribution in [3.63, 3.8) is 0 Å². The van der Waals surface area contributed by atoms with Gasteiger partial charge in [0.05, 0.1) is 6.61 Å². The first-order valence-corrected chi connectivity index (χ1v) is 5.68. The van der Waals surface area contributed by atoms with Crippen LogP contribution in [0, 0.1) is 0 Å². The first-order valence-electron chi connectivity index (χ1n) is 5.68. The highest BCUT2D eigenvalue weighted by atomic mass is 16.5. The molecule has 0 aliphatic carbocycles. The minimum Gasteiger partial charge on any atom is -0.383 e. The van der Waals surface area contributed by atoms with Crippen LogP contribution >= 0.6 is 0 Å². The molecule has 1 amide bonds. The highest BCUT2D eigenvalue weighted by molar-refractivity contribution is 5.91. The predicted octanol–water partition coefficient (Wildman–Crippen LogP) is 1.41. The van der Waals surface area contributed by atoms with Crippen LogP contribution in [0.2, 0.25) is 0 Å². The quantitative estimate of drug-likeness (QED) is 0.751. The number of nitrogens with zero attached hydrogens (tertiary/aromatic N) is 1. The number of pyridine rings is 1. The maximum Gasteiger partial charge on any atom is 0.267 e. The summed E-state index contributed by atoms with van der Waals surface area (Å²) in [6, 6.07) is 3.69. The third-order valence-electron chi connectivity index (χ3n) is 2.39. The van der Waals surface area contributed by atoms with Crippen LogP contribution in [0.15, 0.2) is 18.3 Å². The van der Waals surface area contributed by atoms with Crippen LogP contribution in [0.25, 0.3) is 0 Å². The second-order valence-electron chi connectivity index (χ2n) is 3.88. The molecule has 17 heavy (non-hydrogen) atoms. The van der Waals surface area contributed by atoms with Crippen molar-refractivity contribution in [1.29, 1.82) is 0 Å². The minimum atomic E-state index is -0.521. The standard InChI is InChI=1S/C12H19N3O2/c1-3-4-10(8-17-2)15-9-5-6-14-11(7-9)12(13)16/h5-7,10H,3-4,8H2,1-2H3,(H2,13,16)(H,14,15). The van der Waals surface area contributed by atoms with E-state index < -0.39 is 5.91 Å². The number of methoxy groups -OCH3 is 1. The molecule has 5 heteroatoms. The zero-order chi connectivity index (χ0) is 12.7. The monoisotopic (exact) mass is 237 g/mol. The lowest BCUT2D eigenvalue weighted by atomic mass is 10.1. The van der Waals surface area contributed by atoms with Gasteiger partial charge in [-0.05, 0) is 18.6 Å². The third-order valence-corrected chi connectivity index (χ3v) is 2.39. The van der Waals surface area contributed by atoms with Crippen molar-refractivity contribution in [2.24, 2.45) is 5.73 Å². The highest BCUT2D eigenvalue weighted by Crippen LogP contribution is 2.11. The van der Waals surface area contributed by atoms with Crippen molar-refractivity contribution in [2.75, 3.05) is 19.0 Å². The molecule has 0 aliphatic rings. The van der Waals surface area contributed by atoms with Crippen molar-refractivity contribution in [3.05, 3.63) is 24.0 Å². The Labute approximate surface area is 101 Å². The molecule has 0 fully saturated rings. The summed E-state index contributed by atoms with van der Waals surface area (Å²) in [6.45, 7) is 2.74. The molecule has 0 aliphatic heterocycles. The second-order valence-corrected chi connectivity index (χ2v) is 3.88. The van der Waals surface area contributed by atoms with E-state index in [0.717, 1.165) is 18.5 Å². The van der Waals surface area contributed by atoms with Crippen molar-refractivity contribution in [2.45, 2.75) is 25.8 Å². The van der Waals surface area contributed by atoms with E-state index in [2.05, 4.69) is 17.2 Å². The summed E-state index contributed by atoms with van der Waals surface area (Å²) in [5.41, 5.74) is 6.28. The lowest BCUT2D eigenvalue weighted by molar-refractivity contribution is 0.0995. The number of hydrogen-bond donors (Lipinski definition) is 2. The van der Waals surface area contributed by atoms with Gasteiger partial charge in [0, 0.05) is 25.0 Å². The predicted molar refractivity (Wildman–Crippen MR) is 66.9 cm³/mol. The number of hydrogen-bond acceptors (Lipinski definition) is 4. The van der Waals surface area contributed by atoms with Gasteiger partial charge in [-0.2, -0.15) is 0 Å². The van der Waals surface area contributed by atoms with E-state index in [1.54, 1.807) is 19.4 Å². The molecular formula is C12H19N3O2. The van der Waals surface area contributed by atoms with Gasteiger partial charge >= 0.3 is 0 Å². The molecule has 1 atom stereocenters. The average Bonchev–Trinajstić information content (AvgIpc) is 2.30. The van der Waals surface area contributed by atoms with E-state index in [9.17, 15) is 4.79 Å². The zero-order valence-corrected chi connectivity index (χ0v) is 10.3. The van der Waals surface area contributed by atoms with Crippen LogP contribution in [0.4, 0.5) is 5.69 Å². The molecule has 1 unspecified atom stereocenters. The summed E-state index contributed by atoms with van der Waals surface area (Å²) in [4.78, 5) is 14.9. The number of nitrogens with two attached hydrogens (primary N) is 1. The number of aromatic nitrogens is 1. The summed E-state index contributed by atoms with van der Waals surface area (Å²) < 4.78 is 5.14. The van der Waals surface area contributed by atoms with Crippen molar-refractivity contribution < 1.29 is 9.53 Å². The lowest BCUT2D eigenvalue weighted by Gasteiger charge is -2.18. The van der Waals surface area contributed by atoms with Gasteiger partial charge in [0.1, 0.15) is 5.69 Å². The molecule has 1 heterocycles. The number of primary amides is 1. The summed E-state index contributed by atoms with van der Waals surface area (Å²) in [5, 5.41) is 3.30. The van der Waals surface area contributed by atoms with E-state index >= 15 is 0 Å². The number of carbonyl (C=O) groups is 1. The van der Waals surface area contributed by atoms with Crippen molar-refractivity contribution in [1.82, 2.24) is 4.98 Å². The maximum atomic E-state index is 11.0. The SMILES string of the molecule is CCCC(COC)Nc1ccnc(C(N)=O)c1. The second kappa shape index (κ2) is 6.85. The van der Waals surface area contributed by atoms with Crippen LogP contribution in [0.3, 0.4) is 0 Å². The van der Waals surface area contributed by atoms with Crippen LogP contribution in [-0.2, 0) is 4.74 Å². The van der Waals surface area contributed by atoms with Gasteiger partial charge in [-0.15, -0.1) is 0 Å². The lowest BCUT2D eigenvalue weighted by Crippen LogP contribution is -2.25. The number of amides is 1. The van der Waals surface area contributed by atoms with Crippen molar-refractivity contribution in [3.8, 4) is 0 Å². The highest BCUT2D eigenvalue weighted by Gasteiger charge is 2.08. The molecule has 1 aromatic heterocycles. The van der Waals surface area contributed by atoms with Gasteiger partial charge in [-0.1, -0.05) is 13.3 Å². The van der Waals surface area contributed by atoms with E-state index in [1.807, 2.05) is 6.07 Å². The number of carbonyl (C=O) groups excluding carboxylic acids is 1. The Morgan fingerprint density at radius 3 is 3.00 bits per heavy atom. The Morgan fingerprint density at radius 2 is 2.41 bits per heavy atom. The van der Waals surface area contributed by atoms with Gasteiger partial charge in [0.25, 0.3) is 5.91 Å². The molecule has 0 aromatic carbocycles. The van der Waals surface area contributed by atoms with Gasteiger partial charge < -0.3 is 15.8 Å². The normalized spacial score (nSPS) is 12.1. The van der Waals surface area contributed by atoms with Crippen LogP contribution in [-0.4, -0.2) is 30.6 Å². The Kier molecular flexibility index (Phi) is 5.42. The van der Waals surface area contributed by atoms with Gasteiger partial charge in [0.2, 0.25) is 0 Å². The molecule has 0 spiro atoms. The molecular weight excluding hydrogens is 218 g/mol.